The highest BCUT2D eigenvalue weighted by Gasteiger charge is 2.35. The number of rotatable bonds is 4. The number of pyridine rings is 1. The predicted octanol–water partition coefficient (Wildman–Crippen LogP) is 4.98. The lowest BCUT2D eigenvalue weighted by Gasteiger charge is -2.15. The molecule has 2 aromatic carbocycles. The molecule has 0 saturated heterocycles. The molecule has 0 aliphatic rings. The number of alkyl halides is 3. The lowest BCUT2D eigenvalue weighted by atomic mass is 10.1. The van der Waals surface area contributed by atoms with Gasteiger partial charge < -0.3 is 5.32 Å². The number of fused-ring (bicyclic) bond motifs is 1. The number of carbonyl (C=O) groups is 1. The number of nitrogens with zero attached hydrogens (tertiary/aromatic N) is 1. The van der Waals surface area contributed by atoms with Gasteiger partial charge in [0, 0.05) is 23.2 Å². The molecule has 0 atom stereocenters. The van der Waals surface area contributed by atoms with Crippen LogP contribution < -0.4 is 5.32 Å². The summed E-state index contributed by atoms with van der Waals surface area (Å²) in [5, 5.41) is 3.01. The number of aromatic nitrogens is 1. The maximum Gasteiger partial charge on any atom is 0.431 e. The minimum absolute atomic E-state index is 0.182. The number of carbonyl (C=O) groups excluding carboxylic acids is 1. The highest BCUT2D eigenvalue weighted by atomic mass is 19.4. The van der Waals surface area contributed by atoms with E-state index in [1.807, 2.05) is 0 Å². The average Bonchev–Trinajstić information content (AvgIpc) is 2.61. The van der Waals surface area contributed by atoms with Crippen LogP contribution in [0.3, 0.4) is 0 Å². The number of hydrogen-bond acceptors (Lipinski definition) is 3. The summed E-state index contributed by atoms with van der Waals surface area (Å²) >= 11 is 0. The first-order valence-corrected chi connectivity index (χ1v) is 7.44. The van der Waals surface area contributed by atoms with E-state index in [0.717, 1.165) is 0 Å². The fourth-order valence-corrected chi connectivity index (χ4v) is 2.36. The molecule has 0 unspecified atom stereocenters. The van der Waals surface area contributed by atoms with E-state index in [9.17, 15) is 18.0 Å². The molecule has 0 saturated carbocycles. The Morgan fingerprint density at radius 3 is 2.40 bits per heavy atom. The van der Waals surface area contributed by atoms with E-state index in [2.05, 4.69) is 10.3 Å². The van der Waals surface area contributed by atoms with Gasteiger partial charge in [-0.2, -0.15) is 13.2 Å². The Hall–Kier alpha value is -3.15. The van der Waals surface area contributed by atoms with Crippen molar-refractivity contribution >= 4 is 22.4 Å². The van der Waals surface area contributed by atoms with Gasteiger partial charge in [-0.3, -0.25) is 9.78 Å². The third-order valence-electron chi connectivity index (χ3n) is 3.54. The van der Waals surface area contributed by atoms with Gasteiger partial charge in [0.2, 0.25) is 0 Å². The molecule has 0 fully saturated rings. The molecule has 0 amide bonds. The maximum atomic E-state index is 13.4. The van der Waals surface area contributed by atoms with Crippen molar-refractivity contribution in [3.8, 4) is 0 Å². The van der Waals surface area contributed by atoms with Gasteiger partial charge in [0.25, 0.3) is 0 Å². The molecule has 3 aromatic rings. The van der Waals surface area contributed by atoms with Crippen molar-refractivity contribution in [2.45, 2.75) is 6.18 Å². The Bertz CT molecular complexity index is 929. The second-order valence-corrected chi connectivity index (χ2v) is 5.29. The molecule has 0 aliphatic carbocycles. The number of benzene rings is 2. The monoisotopic (exact) mass is 342 g/mol. The quantitative estimate of drug-likeness (QED) is 0.537. The summed E-state index contributed by atoms with van der Waals surface area (Å²) in [7, 11) is 0. The van der Waals surface area contributed by atoms with Crippen LogP contribution >= 0.6 is 0 Å². The van der Waals surface area contributed by atoms with Crippen LogP contribution in [0.25, 0.3) is 10.9 Å². The lowest BCUT2D eigenvalue weighted by molar-refractivity contribution is -0.0903. The zero-order chi connectivity index (χ0) is 17.9. The van der Waals surface area contributed by atoms with Crippen LogP contribution in [0.1, 0.15) is 10.4 Å². The van der Waals surface area contributed by atoms with Crippen LogP contribution in [0, 0.1) is 0 Å². The van der Waals surface area contributed by atoms with E-state index in [-0.39, 0.29) is 11.3 Å². The summed E-state index contributed by atoms with van der Waals surface area (Å²) in [6.45, 7) is 0. The number of para-hydroxylation sites is 1. The first kappa shape index (κ1) is 16.7. The van der Waals surface area contributed by atoms with Gasteiger partial charge in [-0.05, 0) is 12.1 Å². The third kappa shape index (κ3) is 3.85. The van der Waals surface area contributed by atoms with Crippen molar-refractivity contribution in [3.05, 3.63) is 84.2 Å². The Kier molecular flexibility index (Phi) is 4.52. The summed E-state index contributed by atoms with van der Waals surface area (Å²) < 4.78 is 40.1. The molecular formula is C19H13F3N2O. The van der Waals surface area contributed by atoms with Crippen molar-refractivity contribution in [3.63, 3.8) is 0 Å². The number of hydrogen-bond donors (Lipinski definition) is 1. The number of nitrogens with one attached hydrogen (secondary N) is 1. The zero-order valence-corrected chi connectivity index (χ0v) is 12.9. The van der Waals surface area contributed by atoms with Gasteiger partial charge in [0.1, 0.15) is 5.70 Å². The van der Waals surface area contributed by atoms with Crippen molar-refractivity contribution in [2.24, 2.45) is 0 Å². The Labute approximate surface area is 141 Å². The van der Waals surface area contributed by atoms with Crippen LogP contribution in [0.5, 0.6) is 0 Å². The molecule has 3 nitrogen and oxygen atoms in total. The summed E-state index contributed by atoms with van der Waals surface area (Å²) in [5.74, 6) is -0.728. The van der Waals surface area contributed by atoms with Gasteiger partial charge in [-0.25, -0.2) is 0 Å². The summed E-state index contributed by atoms with van der Waals surface area (Å²) in [5.41, 5.74) is -0.378. The van der Waals surface area contributed by atoms with Crippen molar-refractivity contribution < 1.29 is 18.0 Å². The molecule has 25 heavy (non-hydrogen) atoms. The first-order chi connectivity index (χ1) is 11.9. The average molecular weight is 342 g/mol. The predicted molar refractivity (Wildman–Crippen MR) is 90.3 cm³/mol. The standard InChI is InChI=1S/C19H13F3N2O/c20-19(21,22)17(12-16(25)13-6-2-1-3-7-13)24-15-10-4-8-14-9-5-11-23-18(14)15/h1-12,24H/b17-12-. The van der Waals surface area contributed by atoms with E-state index >= 15 is 0 Å². The number of halogens is 3. The van der Waals surface area contributed by atoms with E-state index in [1.54, 1.807) is 42.5 Å². The molecule has 0 bridgehead atoms. The smallest absolute Gasteiger partial charge is 0.350 e. The van der Waals surface area contributed by atoms with Crippen LogP contribution in [0.2, 0.25) is 0 Å². The highest BCUT2D eigenvalue weighted by Crippen LogP contribution is 2.30. The molecular weight excluding hydrogens is 329 g/mol. The van der Waals surface area contributed by atoms with Crippen molar-refractivity contribution in [1.82, 2.24) is 4.98 Å². The molecule has 0 radical (unpaired) electrons. The number of ketones is 1. The normalized spacial score (nSPS) is 12.2. The zero-order valence-electron chi connectivity index (χ0n) is 12.9. The Morgan fingerprint density at radius 1 is 0.960 bits per heavy atom. The minimum atomic E-state index is -4.71. The van der Waals surface area contributed by atoms with Crippen LogP contribution in [-0.2, 0) is 0 Å². The fourth-order valence-electron chi connectivity index (χ4n) is 2.36. The number of allylic oxidation sites excluding steroid dienone is 2. The Morgan fingerprint density at radius 2 is 1.68 bits per heavy atom. The van der Waals surface area contributed by atoms with Gasteiger partial charge in [-0.15, -0.1) is 0 Å². The van der Waals surface area contributed by atoms with E-state index in [4.69, 9.17) is 0 Å². The van der Waals surface area contributed by atoms with Gasteiger partial charge in [0.05, 0.1) is 11.2 Å². The van der Waals surface area contributed by atoms with Gasteiger partial charge in [0.15, 0.2) is 5.78 Å². The molecule has 0 aliphatic heterocycles. The molecule has 6 heteroatoms. The van der Waals surface area contributed by atoms with E-state index in [0.29, 0.717) is 17.0 Å². The van der Waals surface area contributed by atoms with Crippen molar-refractivity contribution in [1.29, 1.82) is 0 Å². The summed E-state index contributed by atoms with van der Waals surface area (Å²) in [4.78, 5) is 16.2. The maximum absolute atomic E-state index is 13.4. The second kappa shape index (κ2) is 6.76. The van der Waals surface area contributed by atoms with Crippen LogP contribution in [0.4, 0.5) is 18.9 Å². The van der Waals surface area contributed by atoms with E-state index < -0.39 is 17.7 Å². The first-order valence-electron chi connectivity index (χ1n) is 7.44. The van der Waals surface area contributed by atoms with Gasteiger partial charge in [-0.1, -0.05) is 48.5 Å². The molecule has 126 valence electrons. The van der Waals surface area contributed by atoms with Crippen LogP contribution in [-0.4, -0.2) is 16.9 Å². The Balaban J connectivity index is 2.00. The van der Waals surface area contributed by atoms with Crippen molar-refractivity contribution in [2.75, 3.05) is 5.32 Å². The SMILES string of the molecule is O=C(/C=C(\Nc1cccc2cccnc12)C(F)(F)F)c1ccccc1. The summed E-state index contributed by atoms with van der Waals surface area (Å²) in [6, 6.07) is 16.1. The fraction of sp³-hybridized carbons (Fsp3) is 0.0526. The summed E-state index contributed by atoms with van der Waals surface area (Å²) in [6.07, 6.45) is -2.64. The number of anilines is 1. The lowest BCUT2D eigenvalue weighted by Crippen LogP contribution is -2.20. The molecule has 0 spiro atoms. The minimum Gasteiger partial charge on any atom is -0.350 e. The second-order valence-electron chi connectivity index (χ2n) is 5.29. The molecule has 1 N–H and O–H groups in total. The topological polar surface area (TPSA) is 42.0 Å². The highest BCUT2D eigenvalue weighted by molar-refractivity contribution is 6.05. The molecule has 3 rings (SSSR count). The van der Waals surface area contributed by atoms with Crippen LogP contribution in [0.15, 0.2) is 78.6 Å². The molecule has 1 heterocycles. The molecule has 1 aromatic heterocycles. The van der Waals surface area contributed by atoms with Gasteiger partial charge >= 0.3 is 6.18 Å². The third-order valence-corrected chi connectivity index (χ3v) is 3.54. The largest absolute Gasteiger partial charge is 0.431 e. The van der Waals surface area contributed by atoms with E-state index in [1.165, 1.54) is 24.4 Å².